The van der Waals surface area contributed by atoms with Gasteiger partial charge in [-0.3, -0.25) is 9.79 Å². The lowest BCUT2D eigenvalue weighted by Crippen LogP contribution is -2.55. The van der Waals surface area contributed by atoms with Crippen LogP contribution in [0, 0.1) is 0 Å². The summed E-state index contributed by atoms with van der Waals surface area (Å²) in [5.74, 6) is 2.15. The van der Waals surface area contributed by atoms with Crippen molar-refractivity contribution in [1.29, 1.82) is 0 Å². The van der Waals surface area contributed by atoms with Crippen molar-refractivity contribution in [2.24, 2.45) is 4.99 Å². The molecule has 7 nitrogen and oxygen atoms in total. The average molecular weight is 540 g/mol. The summed E-state index contributed by atoms with van der Waals surface area (Å²) in [6.45, 7) is 7.57. The molecule has 1 N–H and O–H groups in total. The maximum atomic E-state index is 12.5. The third-order valence-electron chi connectivity index (χ3n) is 4.63. The maximum absolute atomic E-state index is 12.5. The highest BCUT2D eigenvalue weighted by molar-refractivity contribution is 14.0. The highest BCUT2D eigenvalue weighted by atomic mass is 127. The number of halogens is 1. The number of amides is 1. The summed E-state index contributed by atoms with van der Waals surface area (Å²) >= 11 is 3.48. The third-order valence-corrected chi connectivity index (χ3v) is 6.68. The van der Waals surface area contributed by atoms with Crippen LogP contribution in [0.5, 0.6) is 0 Å². The molecule has 0 spiro atoms. The number of guanidine groups is 1. The SMILES string of the molecule is CCNC(=NCCCSc1nccs1)N1CCN(C(=O)C2CCCO2)CC1.I. The van der Waals surface area contributed by atoms with Gasteiger partial charge in [-0.25, -0.2) is 4.98 Å². The number of thiazole rings is 1. The van der Waals surface area contributed by atoms with Crippen LogP contribution in [0.3, 0.4) is 0 Å². The van der Waals surface area contributed by atoms with E-state index in [-0.39, 0.29) is 36.0 Å². The number of carbonyl (C=O) groups excluding carboxylic acids is 1. The first-order valence-corrected chi connectivity index (χ1v) is 11.6. The van der Waals surface area contributed by atoms with Crippen molar-refractivity contribution >= 4 is 58.9 Å². The number of aromatic nitrogens is 1. The number of hydrogen-bond acceptors (Lipinski definition) is 6. The van der Waals surface area contributed by atoms with Gasteiger partial charge >= 0.3 is 0 Å². The van der Waals surface area contributed by atoms with Crippen LogP contribution in [0.25, 0.3) is 0 Å². The molecule has 2 saturated heterocycles. The molecule has 1 atom stereocenters. The van der Waals surface area contributed by atoms with Gasteiger partial charge in [-0.2, -0.15) is 0 Å². The fourth-order valence-corrected chi connectivity index (χ4v) is 4.86. The first kappa shape index (κ1) is 23.7. The molecule has 0 bridgehead atoms. The van der Waals surface area contributed by atoms with Gasteiger partial charge in [0, 0.05) is 63.2 Å². The van der Waals surface area contributed by atoms with E-state index in [4.69, 9.17) is 9.73 Å². The summed E-state index contributed by atoms with van der Waals surface area (Å²) in [6, 6.07) is 0. The Morgan fingerprint density at radius 3 is 2.82 bits per heavy atom. The number of nitrogens with zero attached hydrogens (tertiary/aromatic N) is 4. The lowest BCUT2D eigenvalue weighted by Gasteiger charge is -2.37. The molecule has 3 heterocycles. The number of rotatable bonds is 7. The molecular formula is C18H30IN5O2S2. The van der Waals surface area contributed by atoms with Gasteiger partial charge in [0.15, 0.2) is 5.96 Å². The summed E-state index contributed by atoms with van der Waals surface area (Å²) in [4.78, 5) is 25.7. The second-order valence-electron chi connectivity index (χ2n) is 6.55. The highest BCUT2D eigenvalue weighted by Gasteiger charge is 2.30. The smallest absolute Gasteiger partial charge is 0.251 e. The fourth-order valence-electron chi connectivity index (χ4n) is 3.23. The largest absolute Gasteiger partial charge is 0.368 e. The van der Waals surface area contributed by atoms with E-state index in [0.29, 0.717) is 6.61 Å². The zero-order valence-electron chi connectivity index (χ0n) is 16.3. The normalized spacial score (nSPS) is 20.2. The number of nitrogens with one attached hydrogen (secondary N) is 1. The molecule has 2 aliphatic heterocycles. The standard InChI is InChI=1S/C18H29N5O2S2.HI/c1-2-19-17(20-6-4-13-26-18-21-7-14-27-18)23-10-8-22(9-11-23)16(24)15-5-3-12-25-15;/h7,14-15H,2-6,8-13H2,1H3,(H,19,20);1H. The maximum Gasteiger partial charge on any atom is 0.251 e. The summed E-state index contributed by atoms with van der Waals surface area (Å²) in [5, 5.41) is 5.39. The van der Waals surface area contributed by atoms with Crippen LogP contribution < -0.4 is 5.32 Å². The quantitative estimate of drug-likeness (QED) is 0.189. The number of thioether (sulfide) groups is 1. The van der Waals surface area contributed by atoms with Gasteiger partial charge < -0.3 is 19.9 Å². The molecule has 0 saturated carbocycles. The molecule has 0 radical (unpaired) electrons. The van der Waals surface area contributed by atoms with Crippen molar-refractivity contribution in [3.05, 3.63) is 11.6 Å². The second-order valence-corrected chi connectivity index (χ2v) is 8.79. The van der Waals surface area contributed by atoms with E-state index in [9.17, 15) is 4.79 Å². The Morgan fingerprint density at radius 2 is 2.18 bits per heavy atom. The van der Waals surface area contributed by atoms with Crippen LogP contribution >= 0.6 is 47.1 Å². The van der Waals surface area contributed by atoms with Crippen molar-refractivity contribution in [3.8, 4) is 0 Å². The minimum atomic E-state index is -0.214. The number of piperazine rings is 1. The molecular weight excluding hydrogens is 509 g/mol. The molecule has 0 aromatic carbocycles. The lowest BCUT2D eigenvalue weighted by atomic mass is 10.2. The van der Waals surface area contributed by atoms with Gasteiger partial charge in [0.2, 0.25) is 0 Å². The summed E-state index contributed by atoms with van der Waals surface area (Å²) in [7, 11) is 0. The third kappa shape index (κ3) is 7.03. The van der Waals surface area contributed by atoms with E-state index in [1.807, 2.05) is 16.5 Å². The first-order chi connectivity index (χ1) is 13.3. The van der Waals surface area contributed by atoms with E-state index < -0.39 is 0 Å². The molecule has 28 heavy (non-hydrogen) atoms. The molecule has 0 aliphatic carbocycles. The Labute approximate surface area is 192 Å². The topological polar surface area (TPSA) is 70.1 Å². The average Bonchev–Trinajstić information content (AvgIpc) is 3.40. The Morgan fingerprint density at radius 1 is 1.39 bits per heavy atom. The van der Waals surface area contributed by atoms with Crippen molar-refractivity contribution < 1.29 is 9.53 Å². The second kappa shape index (κ2) is 12.9. The van der Waals surface area contributed by atoms with Gasteiger partial charge in [-0.15, -0.1) is 35.3 Å². The first-order valence-electron chi connectivity index (χ1n) is 9.74. The van der Waals surface area contributed by atoms with Crippen molar-refractivity contribution in [2.75, 3.05) is 51.6 Å². The summed E-state index contributed by atoms with van der Waals surface area (Å²) < 4.78 is 6.66. The molecule has 158 valence electrons. The van der Waals surface area contributed by atoms with Gasteiger partial charge in [0.1, 0.15) is 10.4 Å². The van der Waals surface area contributed by atoms with Crippen LogP contribution in [0.4, 0.5) is 0 Å². The van der Waals surface area contributed by atoms with E-state index in [2.05, 4.69) is 22.1 Å². The lowest BCUT2D eigenvalue weighted by molar-refractivity contribution is -0.142. The van der Waals surface area contributed by atoms with E-state index in [0.717, 1.165) is 74.6 Å². The highest BCUT2D eigenvalue weighted by Crippen LogP contribution is 2.20. The number of hydrogen-bond donors (Lipinski definition) is 1. The van der Waals surface area contributed by atoms with Gasteiger partial charge in [-0.05, 0) is 26.2 Å². The Balaban J connectivity index is 0.00000280. The summed E-state index contributed by atoms with van der Waals surface area (Å²) in [6.07, 6.45) is 4.51. The Hall–Kier alpha value is -0.590. The molecule has 2 aliphatic rings. The molecule has 1 aromatic heterocycles. The minimum absolute atomic E-state index is 0. The van der Waals surface area contributed by atoms with Gasteiger partial charge in [0.25, 0.3) is 5.91 Å². The molecule has 1 unspecified atom stereocenters. The zero-order valence-corrected chi connectivity index (χ0v) is 20.3. The Kier molecular flexibility index (Phi) is 10.9. The van der Waals surface area contributed by atoms with Crippen LogP contribution in [0.15, 0.2) is 20.9 Å². The molecule has 3 rings (SSSR count). The monoisotopic (exact) mass is 539 g/mol. The van der Waals surface area contributed by atoms with Crippen LogP contribution in [-0.2, 0) is 9.53 Å². The number of ether oxygens (including phenoxy) is 1. The van der Waals surface area contributed by atoms with E-state index in [1.165, 1.54) is 0 Å². The Bertz CT molecular complexity index is 603. The van der Waals surface area contributed by atoms with Crippen molar-refractivity contribution in [3.63, 3.8) is 0 Å². The van der Waals surface area contributed by atoms with E-state index in [1.54, 1.807) is 23.1 Å². The van der Waals surface area contributed by atoms with Gasteiger partial charge in [0.05, 0.1) is 0 Å². The predicted molar refractivity (Wildman–Crippen MR) is 126 cm³/mol. The van der Waals surface area contributed by atoms with Crippen LogP contribution in [-0.4, -0.2) is 84.4 Å². The fraction of sp³-hybridized carbons (Fsp3) is 0.722. The zero-order chi connectivity index (χ0) is 18.9. The van der Waals surface area contributed by atoms with Crippen molar-refractivity contribution in [2.45, 2.75) is 36.6 Å². The van der Waals surface area contributed by atoms with Crippen LogP contribution in [0.1, 0.15) is 26.2 Å². The summed E-state index contributed by atoms with van der Waals surface area (Å²) in [5.41, 5.74) is 0. The van der Waals surface area contributed by atoms with Crippen molar-refractivity contribution in [1.82, 2.24) is 20.1 Å². The van der Waals surface area contributed by atoms with Gasteiger partial charge in [-0.1, -0.05) is 11.8 Å². The number of aliphatic imine (C=N–C) groups is 1. The molecule has 10 heteroatoms. The molecule has 2 fully saturated rings. The molecule has 1 amide bonds. The number of carbonyl (C=O) groups is 1. The predicted octanol–water partition coefficient (Wildman–Crippen LogP) is 2.53. The minimum Gasteiger partial charge on any atom is -0.368 e. The van der Waals surface area contributed by atoms with Crippen LogP contribution in [0.2, 0.25) is 0 Å². The molecule has 1 aromatic rings. The van der Waals surface area contributed by atoms with E-state index >= 15 is 0 Å².